The van der Waals surface area contributed by atoms with Gasteiger partial charge in [0.2, 0.25) is 5.56 Å². The fourth-order valence-electron chi connectivity index (χ4n) is 3.06. The maximum Gasteiger partial charge on any atom is 0.416 e. The molecular formula is C21H19ClF3N3O2S. The molecule has 0 saturated heterocycles. The van der Waals surface area contributed by atoms with Gasteiger partial charge in [0.05, 0.1) is 22.9 Å². The number of pyridine rings is 1. The second kappa shape index (κ2) is 9.67. The van der Waals surface area contributed by atoms with Crippen LogP contribution in [0.1, 0.15) is 11.1 Å². The Morgan fingerprint density at radius 3 is 2.68 bits per heavy atom. The summed E-state index contributed by atoms with van der Waals surface area (Å²) in [5, 5.41) is 3.89. The smallest absolute Gasteiger partial charge is 0.383 e. The molecule has 0 aliphatic rings. The predicted molar refractivity (Wildman–Crippen MR) is 120 cm³/mol. The van der Waals surface area contributed by atoms with E-state index < -0.39 is 11.7 Å². The van der Waals surface area contributed by atoms with Crippen LogP contribution in [0.15, 0.2) is 53.3 Å². The minimum Gasteiger partial charge on any atom is -0.383 e. The number of para-hydroxylation sites is 1. The number of anilines is 1. The normalized spacial score (nSPS) is 11.5. The molecule has 0 aliphatic heterocycles. The van der Waals surface area contributed by atoms with Crippen LogP contribution in [0.5, 0.6) is 0 Å². The van der Waals surface area contributed by atoms with Crippen LogP contribution in [-0.2, 0) is 17.5 Å². The summed E-state index contributed by atoms with van der Waals surface area (Å²) >= 11 is 11.5. The van der Waals surface area contributed by atoms with Gasteiger partial charge in [0, 0.05) is 37.2 Å². The van der Waals surface area contributed by atoms with Crippen molar-refractivity contribution in [2.24, 2.45) is 0 Å². The number of H-pyrrole nitrogens is 1. The maximum atomic E-state index is 13.1. The van der Waals surface area contributed by atoms with Crippen molar-refractivity contribution in [1.82, 2.24) is 9.88 Å². The third-order valence-electron chi connectivity index (χ3n) is 4.59. The van der Waals surface area contributed by atoms with Crippen LogP contribution in [-0.4, -0.2) is 35.3 Å². The first kappa shape index (κ1) is 23.1. The highest BCUT2D eigenvalue weighted by molar-refractivity contribution is 7.80. The van der Waals surface area contributed by atoms with Crippen molar-refractivity contribution in [1.29, 1.82) is 0 Å². The Kier molecular flexibility index (Phi) is 7.19. The maximum absolute atomic E-state index is 13.1. The van der Waals surface area contributed by atoms with Gasteiger partial charge in [-0.05, 0) is 42.0 Å². The number of ether oxygens (including phenoxy) is 1. The van der Waals surface area contributed by atoms with Gasteiger partial charge >= 0.3 is 6.18 Å². The first-order valence-electron chi connectivity index (χ1n) is 9.21. The van der Waals surface area contributed by atoms with Gasteiger partial charge in [0.1, 0.15) is 0 Å². The monoisotopic (exact) mass is 469 g/mol. The number of benzene rings is 2. The molecule has 2 aromatic carbocycles. The number of fused-ring (bicyclic) bond motifs is 1. The molecule has 10 heteroatoms. The van der Waals surface area contributed by atoms with Crippen LogP contribution in [0.25, 0.3) is 10.9 Å². The lowest BCUT2D eigenvalue weighted by atomic mass is 10.1. The van der Waals surface area contributed by atoms with Crippen LogP contribution < -0.4 is 10.9 Å². The third-order valence-corrected chi connectivity index (χ3v) is 5.28. The Morgan fingerprint density at radius 2 is 1.97 bits per heavy atom. The molecule has 5 nitrogen and oxygen atoms in total. The van der Waals surface area contributed by atoms with E-state index in [-0.39, 0.29) is 27.9 Å². The van der Waals surface area contributed by atoms with Crippen molar-refractivity contribution in [3.05, 3.63) is 75.0 Å². The zero-order valence-corrected chi connectivity index (χ0v) is 18.0. The van der Waals surface area contributed by atoms with Gasteiger partial charge < -0.3 is 19.9 Å². The van der Waals surface area contributed by atoms with Gasteiger partial charge in [0.15, 0.2) is 5.11 Å². The molecule has 0 amide bonds. The fourth-order valence-corrected chi connectivity index (χ4v) is 3.49. The third kappa shape index (κ3) is 5.75. The average molecular weight is 470 g/mol. The lowest BCUT2D eigenvalue weighted by Crippen LogP contribution is -2.37. The molecule has 0 aliphatic carbocycles. The molecule has 0 radical (unpaired) electrons. The van der Waals surface area contributed by atoms with E-state index in [0.29, 0.717) is 18.7 Å². The number of hydrogen-bond donors (Lipinski definition) is 2. The Labute approximate surface area is 186 Å². The summed E-state index contributed by atoms with van der Waals surface area (Å²) in [4.78, 5) is 16.5. The van der Waals surface area contributed by atoms with Crippen molar-refractivity contribution in [3.63, 3.8) is 0 Å². The summed E-state index contributed by atoms with van der Waals surface area (Å²) in [7, 11) is 1.53. The number of rotatable bonds is 6. The van der Waals surface area contributed by atoms with Crippen LogP contribution in [0.3, 0.4) is 0 Å². The lowest BCUT2D eigenvalue weighted by molar-refractivity contribution is -0.137. The zero-order valence-electron chi connectivity index (χ0n) is 16.4. The molecule has 2 N–H and O–H groups in total. The molecule has 31 heavy (non-hydrogen) atoms. The molecule has 0 atom stereocenters. The molecule has 0 bridgehead atoms. The van der Waals surface area contributed by atoms with Crippen molar-refractivity contribution in [2.75, 3.05) is 25.6 Å². The van der Waals surface area contributed by atoms with Gasteiger partial charge in [-0.1, -0.05) is 29.8 Å². The zero-order chi connectivity index (χ0) is 22.6. The SMILES string of the molecule is COCCN(Cc1cc(=O)[nH]c2ccccc12)C(=S)Nc1cc(C(F)(F)F)ccc1Cl. The first-order valence-corrected chi connectivity index (χ1v) is 10.00. The average Bonchev–Trinajstić information content (AvgIpc) is 2.71. The van der Waals surface area contributed by atoms with Crippen molar-refractivity contribution < 1.29 is 17.9 Å². The van der Waals surface area contributed by atoms with Crippen LogP contribution in [0.4, 0.5) is 18.9 Å². The molecule has 3 aromatic rings. The standard InChI is InChI=1S/C21H19ClF3N3O2S/c1-30-9-8-28(12-13-10-19(29)26-17-5-3-2-4-15(13)17)20(31)27-18-11-14(21(23,24)25)6-7-16(18)22/h2-7,10-11H,8-9,12H2,1H3,(H,26,29)(H,27,31). The number of aromatic nitrogens is 1. The van der Waals surface area contributed by atoms with E-state index in [4.69, 9.17) is 28.6 Å². The highest BCUT2D eigenvalue weighted by Gasteiger charge is 2.31. The fraction of sp³-hybridized carbons (Fsp3) is 0.238. The number of methoxy groups -OCH3 is 1. The van der Waals surface area contributed by atoms with E-state index in [9.17, 15) is 18.0 Å². The van der Waals surface area contributed by atoms with Gasteiger partial charge in [-0.3, -0.25) is 4.79 Å². The summed E-state index contributed by atoms with van der Waals surface area (Å²) in [6.45, 7) is 0.912. The molecule has 0 saturated carbocycles. The minimum atomic E-state index is -4.51. The van der Waals surface area contributed by atoms with E-state index in [1.807, 2.05) is 18.2 Å². The number of aromatic amines is 1. The molecular weight excluding hydrogens is 451 g/mol. The number of nitrogens with zero attached hydrogens (tertiary/aromatic N) is 1. The largest absolute Gasteiger partial charge is 0.416 e. The Hall–Kier alpha value is -2.62. The van der Waals surface area contributed by atoms with E-state index in [1.54, 1.807) is 11.0 Å². The number of hydrogen-bond acceptors (Lipinski definition) is 3. The van der Waals surface area contributed by atoms with E-state index in [0.717, 1.165) is 23.1 Å². The first-order chi connectivity index (χ1) is 14.7. The number of alkyl halides is 3. The Bertz CT molecular complexity index is 1150. The lowest BCUT2D eigenvalue weighted by Gasteiger charge is -2.26. The van der Waals surface area contributed by atoms with Crippen LogP contribution >= 0.6 is 23.8 Å². The highest BCUT2D eigenvalue weighted by Crippen LogP contribution is 2.34. The number of thiocarbonyl (C=S) groups is 1. The van der Waals surface area contributed by atoms with Crippen molar-refractivity contribution in [2.45, 2.75) is 12.7 Å². The molecule has 1 heterocycles. The molecule has 0 unspecified atom stereocenters. The Balaban J connectivity index is 1.90. The topological polar surface area (TPSA) is 57.4 Å². The van der Waals surface area contributed by atoms with Crippen LogP contribution in [0.2, 0.25) is 5.02 Å². The molecule has 1 aromatic heterocycles. The van der Waals surface area contributed by atoms with E-state index in [1.165, 1.54) is 19.2 Å². The summed E-state index contributed by atoms with van der Waals surface area (Å²) in [5.74, 6) is 0. The van der Waals surface area contributed by atoms with Gasteiger partial charge in [-0.25, -0.2) is 0 Å². The molecule has 0 spiro atoms. The number of nitrogens with one attached hydrogen (secondary N) is 2. The molecule has 164 valence electrons. The van der Waals surface area contributed by atoms with Gasteiger partial charge in [-0.2, -0.15) is 13.2 Å². The van der Waals surface area contributed by atoms with Gasteiger partial charge in [0.25, 0.3) is 0 Å². The minimum absolute atomic E-state index is 0.0414. The van der Waals surface area contributed by atoms with E-state index in [2.05, 4.69) is 10.3 Å². The van der Waals surface area contributed by atoms with Crippen molar-refractivity contribution in [3.8, 4) is 0 Å². The quantitative estimate of drug-likeness (QED) is 0.495. The summed E-state index contributed by atoms with van der Waals surface area (Å²) < 4.78 is 44.4. The second-order valence-corrected chi connectivity index (χ2v) is 7.54. The summed E-state index contributed by atoms with van der Waals surface area (Å²) in [5.41, 5.74) is 0.331. The van der Waals surface area contributed by atoms with E-state index >= 15 is 0 Å². The van der Waals surface area contributed by atoms with Crippen molar-refractivity contribution >= 4 is 45.5 Å². The highest BCUT2D eigenvalue weighted by atomic mass is 35.5. The second-order valence-electron chi connectivity index (χ2n) is 6.74. The number of halogens is 4. The molecule has 0 fully saturated rings. The Morgan fingerprint density at radius 1 is 1.23 bits per heavy atom. The predicted octanol–water partition coefficient (Wildman–Crippen LogP) is 5.05. The summed E-state index contributed by atoms with van der Waals surface area (Å²) in [6, 6.07) is 11.8. The van der Waals surface area contributed by atoms with Crippen LogP contribution in [0, 0.1) is 0 Å². The molecule has 3 rings (SSSR count). The van der Waals surface area contributed by atoms with Gasteiger partial charge in [-0.15, -0.1) is 0 Å². The summed E-state index contributed by atoms with van der Waals surface area (Å²) in [6.07, 6.45) is -4.51.